The molecular weight excluding hydrogens is 268 g/mol. The Morgan fingerprint density at radius 2 is 2.19 bits per heavy atom. The van der Waals surface area contributed by atoms with E-state index in [0.29, 0.717) is 24.6 Å². The summed E-state index contributed by atoms with van der Waals surface area (Å²) in [6.45, 7) is 5.02. The van der Waals surface area contributed by atoms with Crippen molar-refractivity contribution in [1.82, 2.24) is 5.32 Å². The maximum atomic E-state index is 11.9. The SMILES string of the molecule is CC(C)CCNC(=O)Cc1ccc2c(c1)N(C)C(=O)CO2. The van der Waals surface area contributed by atoms with Crippen LogP contribution in [0.15, 0.2) is 18.2 Å². The highest BCUT2D eigenvalue weighted by atomic mass is 16.5. The van der Waals surface area contributed by atoms with Gasteiger partial charge in [0.15, 0.2) is 6.61 Å². The van der Waals surface area contributed by atoms with E-state index in [1.54, 1.807) is 11.9 Å². The van der Waals surface area contributed by atoms with Gasteiger partial charge >= 0.3 is 0 Å². The highest BCUT2D eigenvalue weighted by Crippen LogP contribution is 2.31. The number of nitrogens with one attached hydrogen (secondary N) is 1. The number of hydrogen-bond acceptors (Lipinski definition) is 3. The van der Waals surface area contributed by atoms with E-state index >= 15 is 0 Å². The minimum atomic E-state index is -0.0824. The molecule has 2 rings (SSSR count). The third kappa shape index (κ3) is 3.97. The Labute approximate surface area is 125 Å². The van der Waals surface area contributed by atoms with Crippen LogP contribution in [0.5, 0.6) is 5.75 Å². The number of benzene rings is 1. The van der Waals surface area contributed by atoms with Gasteiger partial charge in [-0.2, -0.15) is 0 Å². The first-order valence-corrected chi connectivity index (χ1v) is 7.26. The molecule has 1 N–H and O–H groups in total. The minimum Gasteiger partial charge on any atom is -0.482 e. The van der Waals surface area contributed by atoms with E-state index in [-0.39, 0.29) is 18.4 Å². The van der Waals surface area contributed by atoms with Crippen molar-refractivity contribution in [3.63, 3.8) is 0 Å². The first kappa shape index (κ1) is 15.4. The van der Waals surface area contributed by atoms with Crippen molar-refractivity contribution < 1.29 is 14.3 Å². The third-order valence-corrected chi connectivity index (χ3v) is 3.52. The van der Waals surface area contributed by atoms with Crippen LogP contribution < -0.4 is 15.0 Å². The molecule has 0 saturated carbocycles. The number of rotatable bonds is 5. The van der Waals surface area contributed by atoms with Gasteiger partial charge in [0.1, 0.15) is 5.75 Å². The second kappa shape index (κ2) is 6.61. The van der Waals surface area contributed by atoms with Gasteiger partial charge in [-0.1, -0.05) is 19.9 Å². The Hall–Kier alpha value is -2.04. The molecule has 2 amide bonds. The summed E-state index contributed by atoms with van der Waals surface area (Å²) in [6.07, 6.45) is 1.29. The highest BCUT2D eigenvalue weighted by Gasteiger charge is 2.22. The van der Waals surface area contributed by atoms with Crippen LogP contribution in [0.25, 0.3) is 0 Å². The summed E-state index contributed by atoms with van der Waals surface area (Å²) in [4.78, 5) is 25.1. The van der Waals surface area contributed by atoms with Gasteiger partial charge in [0.2, 0.25) is 5.91 Å². The molecule has 1 aliphatic heterocycles. The van der Waals surface area contributed by atoms with Crippen molar-refractivity contribution in [3.05, 3.63) is 23.8 Å². The van der Waals surface area contributed by atoms with Gasteiger partial charge in [-0.3, -0.25) is 9.59 Å². The standard InChI is InChI=1S/C16H22N2O3/c1-11(2)6-7-17-15(19)9-12-4-5-14-13(8-12)18(3)16(20)10-21-14/h4-5,8,11H,6-7,9-10H2,1-3H3,(H,17,19). The average molecular weight is 290 g/mol. The molecule has 5 heteroatoms. The van der Waals surface area contributed by atoms with Crippen molar-refractivity contribution in [3.8, 4) is 5.75 Å². The van der Waals surface area contributed by atoms with E-state index in [9.17, 15) is 9.59 Å². The number of nitrogens with zero attached hydrogens (tertiary/aromatic N) is 1. The smallest absolute Gasteiger partial charge is 0.264 e. The van der Waals surface area contributed by atoms with E-state index < -0.39 is 0 Å². The highest BCUT2D eigenvalue weighted by molar-refractivity contribution is 5.97. The van der Waals surface area contributed by atoms with Gasteiger partial charge in [0.05, 0.1) is 12.1 Å². The summed E-state index contributed by atoms with van der Waals surface area (Å²) in [5.74, 6) is 1.18. The number of ether oxygens (including phenoxy) is 1. The Kier molecular flexibility index (Phi) is 4.83. The third-order valence-electron chi connectivity index (χ3n) is 3.52. The molecular formula is C16H22N2O3. The van der Waals surface area contributed by atoms with Crippen LogP contribution in [-0.2, 0) is 16.0 Å². The molecule has 1 heterocycles. The summed E-state index contributed by atoms with van der Waals surface area (Å²) in [5, 5.41) is 2.91. The summed E-state index contributed by atoms with van der Waals surface area (Å²) in [5.41, 5.74) is 1.60. The van der Waals surface area contributed by atoms with Crippen LogP contribution in [0.4, 0.5) is 5.69 Å². The van der Waals surface area contributed by atoms with Crippen LogP contribution >= 0.6 is 0 Å². The monoisotopic (exact) mass is 290 g/mol. The van der Waals surface area contributed by atoms with Crippen LogP contribution in [0.1, 0.15) is 25.8 Å². The predicted molar refractivity (Wildman–Crippen MR) is 81.5 cm³/mol. The molecule has 114 valence electrons. The molecule has 0 aromatic heterocycles. The molecule has 0 fully saturated rings. The summed E-state index contributed by atoms with van der Waals surface area (Å²) >= 11 is 0. The lowest BCUT2D eigenvalue weighted by atomic mass is 10.1. The molecule has 1 aromatic rings. The van der Waals surface area contributed by atoms with Crippen molar-refractivity contribution in [2.75, 3.05) is 25.1 Å². The van der Waals surface area contributed by atoms with E-state index in [1.807, 2.05) is 18.2 Å². The average Bonchev–Trinajstić information content (AvgIpc) is 2.43. The van der Waals surface area contributed by atoms with Crippen LogP contribution in [0, 0.1) is 5.92 Å². The minimum absolute atomic E-state index is 0.00121. The van der Waals surface area contributed by atoms with Crippen molar-refractivity contribution in [1.29, 1.82) is 0 Å². The fraction of sp³-hybridized carbons (Fsp3) is 0.500. The molecule has 0 atom stereocenters. The van der Waals surface area contributed by atoms with E-state index in [1.165, 1.54) is 0 Å². The van der Waals surface area contributed by atoms with Gasteiger partial charge in [0.25, 0.3) is 5.91 Å². The topological polar surface area (TPSA) is 58.6 Å². The summed E-state index contributed by atoms with van der Waals surface area (Å²) in [6, 6.07) is 5.52. The summed E-state index contributed by atoms with van der Waals surface area (Å²) in [7, 11) is 1.72. The van der Waals surface area contributed by atoms with E-state index in [0.717, 1.165) is 17.7 Å². The Bertz CT molecular complexity index is 540. The maximum Gasteiger partial charge on any atom is 0.264 e. The second-order valence-corrected chi connectivity index (χ2v) is 5.75. The molecule has 21 heavy (non-hydrogen) atoms. The van der Waals surface area contributed by atoms with Crippen LogP contribution in [0.3, 0.4) is 0 Å². The lowest BCUT2D eigenvalue weighted by molar-refractivity contribution is -0.121. The Balaban J connectivity index is 1.98. The number of likely N-dealkylation sites (N-methyl/N-ethyl adjacent to an activating group) is 1. The molecule has 0 bridgehead atoms. The lowest BCUT2D eigenvalue weighted by Crippen LogP contribution is -2.35. The zero-order valence-corrected chi connectivity index (χ0v) is 12.8. The largest absolute Gasteiger partial charge is 0.482 e. The maximum absolute atomic E-state index is 11.9. The van der Waals surface area contributed by atoms with Gasteiger partial charge in [-0.05, 0) is 30.0 Å². The number of hydrogen-bond donors (Lipinski definition) is 1. The van der Waals surface area contributed by atoms with Crippen molar-refractivity contribution in [2.24, 2.45) is 5.92 Å². The van der Waals surface area contributed by atoms with Gasteiger partial charge < -0.3 is 15.0 Å². The van der Waals surface area contributed by atoms with Gasteiger partial charge in [-0.25, -0.2) is 0 Å². The van der Waals surface area contributed by atoms with Gasteiger partial charge in [-0.15, -0.1) is 0 Å². The number of anilines is 1. The molecule has 1 aromatic carbocycles. The molecule has 0 aliphatic carbocycles. The number of carbonyl (C=O) groups is 2. The van der Waals surface area contributed by atoms with Crippen LogP contribution in [-0.4, -0.2) is 32.0 Å². The van der Waals surface area contributed by atoms with E-state index in [2.05, 4.69) is 19.2 Å². The number of carbonyl (C=O) groups excluding carboxylic acids is 2. The fourth-order valence-corrected chi connectivity index (χ4v) is 2.18. The molecule has 0 radical (unpaired) electrons. The van der Waals surface area contributed by atoms with E-state index in [4.69, 9.17) is 4.74 Å². The number of amides is 2. The van der Waals surface area contributed by atoms with Crippen LogP contribution in [0.2, 0.25) is 0 Å². The first-order valence-electron chi connectivity index (χ1n) is 7.26. The Morgan fingerprint density at radius 1 is 1.43 bits per heavy atom. The normalized spacial score (nSPS) is 13.9. The summed E-state index contributed by atoms with van der Waals surface area (Å²) < 4.78 is 5.37. The zero-order chi connectivity index (χ0) is 15.4. The quantitative estimate of drug-likeness (QED) is 0.898. The molecule has 0 saturated heterocycles. The molecule has 5 nitrogen and oxygen atoms in total. The van der Waals surface area contributed by atoms with Crippen molar-refractivity contribution in [2.45, 2.75) is 26.7 Å². The second-order valence-electron chi connectivity index (χ2n) is 5.75. The zero-order valence-electron chi connectivity index (χ0n) is 12.8. The molecule has 0 unspecified atom stereocenters. The molecule has 0 spiro atoms. The fourth-order valence-electron chi connectivity index (χ4n) is 2.18. The lowest BCUT2D eigenvalue weighted by Gasteiger charge is -2.26. The first-order chi connectivity index (χ1) is 9.97. The number of fused-ring (bicyclic) bond motifs is 1. The van der Waals surface area contributed by atoms with Crippen molar-refractivity contribution >= 4 is 17.5 Å². The molecule has 1 aliphatic rings. The Morgan fingerprint density at radius 3 is 2.90 bits per heavy atom. The van der Waals surface area contributed by atoms with Gasteiger partial charge in [0, 0.05) is 13.6 Å². The predicted octanol–water partition coefficient (Wildman–Crippen LogP) is 1.75.